The molecule has 2 aromatic carbocycles. The van der Waals surface area contributed by atoms with Crippen LogP contribution in [0.2, 0.25) is 0 Å². The van der Waals surface area contributed by atoms with Crippen molar-refractivity contribution in [3.8, 4) is 11.3 Å². The summed E-state index contributed by atoms with van der Waals surface area (Å²) in [4.78, 5) is 24.8. The van der Waals surface area contributed by atoms with Crippen molar-refractivity contribution < 1.29 is 31.9 Å². The SMILES string of the molecule is Cc1cccc(C)c1NC(=O)C(C)OC(=O)c1ccc(-c2cccc(C(F)(F)F)c2)o1. The molecule has 8 heteroatoms. The Hall–Kier alpha value is -3.55. The quantitative estimate of drug-likeness (QED) is 0.521. The molecule has 5 nitrogen and oxygen atoms in total. The first-order valence-electron chi connectivity index (χ1n) is 9.42. The Morgan fingerprint density at radius 1 is 1.00 bits per heavy atom. The molecule has 0 aliphatic carbocycles. The number of esters is 1. The van der Waals surface area contributed by atoms with Gasteiger partial charge >= 0.3 is 12.1 Å². The third kappa shape index (κ3) is 5.14. The minimum atomic E-state index is -4.50. The molecule has 162 valence electrons. The lowest BCUT2D eigenvalue weighted by molar-refractivity contribution is -0.137. The van der Waals surface area contributed by atoms with Crippen LogP contribution in [0.3, 0.4) is 0 Å². The number of carbonyl (C=O) groups excluding carboxylic acids is 2. The number of para-hydroxylation sites is 1. The monoisotopic (exact) mass is 431 g/mol. The first kappa shape index (κ1) is 22.1. The number of aryl methyl sites for hydroxylation is 2. The van der Waals surface area contributed by atoms with Gasteiger partial charge in [-0.1, -0.05) is 30.3 Å². The number of carbonyl (C=O) groups is 2. The molecule has 3 rings (SSSR count). The molecule has 3 aromatic rings. The van der Waals surface area contributed by atoms with E-state index in [-0.39, 0.29) is 17.1 Å². The van der Waals surface area contributed by atoms with Crippen molar-refractivity contribution in [2.75, 3.05) is 5.32 Å². The van der Waals surface area contributed by atoms with Crippen LogP contribution in [0, 0.1) is 13.8 Å². The van der Waals surface area contributed by atoms with Gasteiger partial charge in [0.05, 0.1) is 5.56 Å². The van der Waals surface area contributed by atoms with Crippen LogP contribution in [0.15, 0.2) is 59.0 Å². The van der Waals surface area contributed by atoms with Crippen LogP contribution in [-0.2, 0) is 15.7 Å². The number of hydrogen-bond acceptors (Lipinski definition) is 4. The van der Waals surface area contributed by atoms with Crippen LogP contribution in [0.5, 0.6) is 0 Å². The molecule has 0 spiro atoms. The molecule has 0 saturated heterocycles. The molecule has 1 N–H and O–H groups in total. The van der Waals surface area contributed by atoms with E-state index in [2.05, 4.69) is 5.32 Å². The second-order valence-electron chi connectivity index (χ2n) is 7.05. The summed E-state index contributed by atoms with van der Waals surface area (Å²) in [6.07, 6.45) is -5.61. The maximum absolute atomic E-state index is 12.9. The number of rotatable bonds is 5. The maximum Gasteiger partial charge on any atom is 0.416 e. The highest BCUT2D eigenvalue weighted by molar-refractivity contribution is 5.97. The molecular formula is C23H20F3NO4. The van der Waals surface area contributed by atoms with E-state index < -0.39 is 29.7 Å². The topological polar surface area (TPSA) is 68.5 Å². The van der Waals surface area contributed by atoms with Crippen molar-refractivity contribution >= 4 is 17.6 Å². The largest absolute Gasteiger partial charge is 0.449 e. The van der Waals surface area contributed by atoms with Crippen LogP contribution in [0.1, 0.15) is 34.2 Å². The molecule has 1 unspecified atom stereocenters. The lowest BCUT2D eigenvalue weighted by atomic mass is 10.1. The second-order valence-corrected chi connectivity index (χ2v) is 7.05. The number of hydrogen-bond donors (Lipinski definition) is 1. The van der Waals surface area contributed by atoms with Gasteiger partial charge in [-0.3, -0.25) is 4.79 Å². The molecule has 0 aliphatic rings. The van der Waals surface area contributed by atoms with Gasteiger partial charge in [0.15, 0.2) is 6.10 Å². The van der Waals surface area contributed by atoms with E-state index in [1.54, 1.807) is 0 Å². The first-order valence-corrected chi connectivity index (χ1v) is 9.42. The minimum absolute atomic E-state index is 0.0747. The van der Waals surface area contributed by atoms with Crippen molar-refractivity contribution in [3.05, 3.63) is 77.0 Å². The molecule has 1 atom stereocenters. The van der Waals surface area contributed by atoms with E-state index in [0.717, 1.165) is 23.3 Å². The number of nitrogens with one attached hydrogen (secondary N) is 1. The Labute approximate surface area is 176 Å². The van der Waals surface area contributed by atoms with Gasteiger partial charge in [-0.15, -0.1) is 0 Å². The molecule has 1 amide bonds. The summed E-state index contributed by atoms with van der Waals surface area (Å²) in [7, 11) is 0. The maximum atomic E-state index is 12.9. The average Bonchev–Trinajstić information content (AvgIpc) is 3.20. The zero-order valence-electron chi connectivity index (χ0n) is 17.0. The summed E-state index contributed by atoms with van der Waals surface area (Å²) in [5.41, 5.74) is 1.70. The van der Waals surface area contributed by atoms with E-state index in [1.807, 2.05) is 32.0 Å². The van der Waals surface area contributed by atoms with E-state index in [0.29, 0.717) is 5.69 Å². The fraction of sp³-hybridized carbons (Fsp3) is 0.217. The third-order valence-electron chi connectivity index (χ3n) is 4.66. The predicted octanol–water partition coefficient (Wildman–Crippen LogP) is 5.77. The van der Waals surface area contributed by atoms with Crippen molar-refractivity contribution in [2.45, 2.75) is 33.1 Å². The molecule has 0 fully saturated rings. The Balaban J connectivity index is 1.69. The van der Waals surface area contributed by atoms with E-state index in [9.17, 15) is 22.8 Å². The van der Waals surface area contributed by atoms with Crippen LogP contribution in [0.4, 0.5) is 18.9 Å². The fourth-order valence-corrected chi connectivity index (χ4v) is 2.96. The van der Waals surface area contributed by atoms with E-state index >= 15 is 0 Å². The molecule has 0 radical (unpaired) electrons. The molecule has 1 aromatic heterocycles. The van der Waals surface area contributed by atoms with Crippen LogP contribution in [0.25, 0.3) is 11.3 Å². The highest BCUT2D eigenvalue weighted by atomic mass is 19.4. The lowest BCUT2D eigenvalue weighted by Crippen LogP contribution is -2.30. The zero-order chi connectivity index (χ0) is 22.8. The van der Waals surface area contributed by atoms with E-state index in [4.69, 9.17) is 9.15 Å². The van der Waals surface area contributed by atoms with Gasteiger partial charge in [-0.25, -0.2) is 4.79 Å². The number of halogens is 3. The third-order valence-corrected chi connectivity index (χ3v) is 4.66. The number of anilines is 1. The van der Waals surface area contributed by atoms with Gasteiger partial charge in [0.25, 0.3) is 5.91 Å². The number of benzene rings is 2. The summed E-state index contributed by atoms with van der Waals surface area (Å²) in [5.74, 6) is -1.57. The number of furan rings is 1. The number of ether oxygens (including phenoxy) is 1. The number of alkyl halides is 3. The zero-order valence-corrected chi connectivity index (χ0v) is 17.0. The highest BCUT2D eigenvalue weighted by Crippen LogP contribution is 2.32. The van der Waals surface area contributed by atoms with Gasteiger partial charge in [0.1, 0.15) is 5.76 Å². The van der Waals surface area contributed by atoms with Crippen molar-refractivity contribution in [1.82, 2.24) is 0 Å². The molecule has 0 aliphatic heterocycles. The molecule has 0 saturated carbocycles. The van der Waals surface area contributed by atoms with Crippen molar-refractivity contribution in [2.24, 2.45) is 0 Å². The Bertz CT molecular complexity index is 1100. The van der Waals surface area contributed by atoms with Gasteiger partial charge in [0, 0.05) is 11.3 Å². The Morgan fingerprint density at radius 3 is 2.29 bits per heavy atom. The van der Waals surface area contributed by atoms with Crippen molar-refractivity contribution in [3.63, 3.8) is 0 Å². The average molecular weight is 431 g/mol. The Morgan fingerprint density at radius 2 is 1.65 bits per heavy atom. The summed E-state index contributed by atoms with van der Waals surface area (Å²) in [6, 6.07) is 12.8. The summed E-state index contributed by atoms with van der Waals surface area (Å²) in [5, 5.41) is 2.73. The standard InChI is InChI=1S/C23H20F3NO4/c1-13-6-4-7-14(2)20(13)27-21(28)15(3)30-22(29)19-11-10-18(31-19)16-8-5-9-17(12-16)23(24,25)26/h4-12,15H,1-3H3,(H,27,28). The van der Waals surface area contributed by atoms with Crippen LogP contribution in [-0.4, -0.2) is 18.0 Å². The predicted molar refractivity (Wildman–Crippen MR) is 109 cm³/mol. The number of amides is 1. The van der Waals surface area contributed by atoms with Crippen LogP contribution < -0.4 is 5.32 Å². The Kier molecular flexibility index (Phi) is 6.19. The summed E-state index contributed by atoms with van der Waals surface area (Å²) < 4.78 is 49.2. The highest BCUT2D eigenvalue weighted by Gasteiger charge is 2.31. The fourth-order valence-electron chi connectivity index (χ4n) is 2.96. The molecular weight excluding hydrogens is 411 g/mol. The lowest BCUT2D eigenvalue weighted by Gasteiger charge is -2.15. The van der Waals surface area contributed by atoms with Gasteiger partial charge in [-0.05, 0) is 56.2 Å². The first-order chi connectivity index (χ1) is 14.6. The van der Waals surface area contributed by atoms with E-state index in [1.165, 1.54) is 31.2 Å². The van der Waals surface area contributed by atoms with Gasteiger partial charge < -0.3 is 14.5 Å². The van der Waals surface area contributed by atoms with Gasteiger partial charge in [0.2, 0.25) is 5.76 Å². The molecule has 31 heavy (non-hydrogen) atoms. The summed E-state index contributed by atoms with van der Waals surface area (Å²) >= 11 is 0. The smallest absolute Gasteiger partial charge is 0.416 e. The normalized spacial score (nSPS) is 12.3. The van der Waals surface area contributed by atoms with Crippen molar-refractivity contribution in [1.29, 1.82) is 0 Å². The second kappa shape index (κ2) is 8.67. The van der Waals surface area contributed by atoms with Crippen LogP contribution >= 0.6 is 0 Å². The van der Waals surface area contributed by atoms with Gasteiger partial charge in [-0.2, -0.15) is 13.2 Å². The molecule has 0 bridgehead atoms. The summed E-state index contributed by atoms with van der Waals surface area (Å²) in [6.45, 7) is 5.10. The minimum Gasteiger partial charge on any atom is -0.449 e. The molecule has 1 heterocycles.